The summed E-state index contributed by atoms with van der Waals surface area (Å²) in [6.07, 6.45) is 1.22. The van der Waals surface area contributed by atoms with Gasteiger partial charge in [0.2, 0.25) is 5.28 Å². The number of morpholine rings is 1. The summed E-state index contributed by atoms with van der Waals surface area (Å²) in [6, 6.07) is 9.91. The normalized spacial score (nSPS) is 16.4. The Morgan fingerprint density at radius 3 is 2.86 bits per heavy atom. The maximum absolute atomic E-state index is 6.22. The van der Waals surface area contributed by atoms with Crippen LogP contribution in [-0.4, -0.2) is 36.3 Å². The molecule has 0 bridgehead atoms. The first kappa shape index (κ1) is 15.0. The summed E-state index contributed by atoms with van der Waals surface area (Å²) in [5, 5.41) is 3.32. The van der Waals surface area contributed by atoms with Crippen LogP contribution in [0.25, 0.3) is 0 Å². The summed E-state index contributed by atoms with van der Waals surface area (Å²) in [5.41, 5.74) is 8.35. The molecule has 1 aromatic heterocycles. The lowest BCUT2D eigenvalue weighted by Crippen LogP contribution is -2.36. The number of benzene rings is 1. The monoisotopic (exact) mass is 319 g/mol. The van der Waals surface area contributed by atoms with Crippen LogP contribution >= 0.6 is 11.6 Å². The summed E-state index contributed by atoms with van der Waals surface area (Å²) in [5.74, 6) is 0.601. The SMILES string of the molecule is NC(Nc1ccnc(Cl)n1)c1cccc(N2CCOCC2)c1. The minimum atomic E-state index is -0.369. The van der Waals surface area contributed by atoms with E-state index < -0.39 is 0 Å². The van der Waals surface area contributed by atoms with Crippen molar-refractivity contribution < 1.29 is 4.74 Å². The maximum atomic E-state index is 6.22. The minimum Gasteiger partial charge on any atom is -0.378 e. The molecule has 6 nitrogen and oxygen atoms in total. The number of aromatic nitrogens is 2. The number of halogens is 1. The number of hydrogen-bond acceptors (Lipinski definition) is 6. The molecular weight excluding hydrogens is 302 g/mol. The molecule has 1 atom stereocenters. The summed E-state index contributed by atoms with van der Waals surface area (Å²) in [4.78, 5) is 10.2. The Morgan fingerprint density at radius 2 is 2.09 bits per heavy atom. The van der Waals surface area contributed by atoms with Crippen LogP contribution in [0.1, 0.15) is 11.7 Å². The van der Waals surface area contributed by atoms with Gasteiger partial charge < -0.3 is 20.7 Å². The van der Waals surface area contributed by atoms with Crippen LogP contribution in [0, 0.1) is 0 Å². The summed E-state index contributed by atoms with van der Waals surface area (Å²) in [7, 11) is 0. The van der Waals surface area contributed by atoms with E-state index in [0.29, 0.717) is 5.82 Å². The van der Waals surface area contributed by atoms with Crippen molar-refractivity contribution in [3.63, 3.8) is 0 Å². The van der Waals surface area contributed by atoms with E-state index in [1.807, 2.05) is 12.1 Å². The molecule has 0 saturated carbocycles. The summed E-state index contributed by atoms with van der Waals surface area (Å²) >= 11 is 5.78. The van der Waals surface area contributed by atoms with Gasteiger partial charge in [0.15, 0.2) is 0 Å². The van der Waals surface area contributed by atoms with Crippen molar-refractivity contribution in [3.05, 3.63) is 47.4 Å². The van der Waals surface area contributed by atoms with Crippen molar-refractivity contribution in [3.8, 4) is 0 Å². The fraction of sp³-hybridized carbons (Fsp3) is 0.333. The molecule has 7 heteroatoms. The summed E-state index contributed by atoms with van der Waals surface area (Å²) in [6.45, 7) is 3.31. The van der Waals surface area contributed by atoms with E-state index in [4.69, 9.17) is 22.1 Å². The number of rotatable bonds is 4. The molecule has 0 spiro atoms. The molecule has 1 fully saturated rings. The average molecular weight is 320 g/mol. The van der Waals surface area contributed by atoms with Gasteiger partial charge in [0.05, 0.1) is 13.2 Å². The molecule has 2 heterocycles. The highest BCUT2D eigenvalue weighted by molar-refractivity contribution is 6.28. The van der Waals surface area contributed by atoms with Crippen molar-refractivity contribution in [2.24, 2.45) is 5.73 Å². The quantitative estimate of drug-likeness (QED) is 0.663. The molecule has 0 aliphatic carbocycles. The second-order valence-electron chi connectivity index (χ2n) is 5.03. The summed E-state index contributed by atoms with van der Waals surface area (Å²) < 4.78 is 5.38. The highest BCUT2D eigenvalue weighted by atomic mass is 35.5. The molecule has 22 heavy (non-hydrogen) atoms. The smallest absolute Gasteiger partial charge is 0.224 e. The third-order valence-electron chi connectivity index (χ3n) is 3.54. The Bertz CT molecular complexity index is 633. The van der Waals surface area contributed by atoms with Crippen LogP contribution < -0.4 is 16.0 Å². The van der Waals surface area contributed by atoms with Gasteiger partial charge in [-0.1, -0.05) is 12.1 Å². The topological polar surface area (TPSA) is 76.3 Å². The molecule has 0 amide bonds. The van der Waals surface area contributed by atoms with E-state index in [2.05, 4.69) is 32.3 Å². The van der Waals surface area contributed by atoms with Gasteiger partial charge in [-0.25, -0.2) is 9.97 Å². The zero-order chi connectivity index (χ0) is 15.4. The fourth-order valence-corrected chi connectivity index (χ4v) is 2.54. The lowest BCUT2D eigenvalue weighted by atomic mass is 10.1. The number of nitrogens with one attached hydrogen (secondary N) is 1. The lowest BCUT2D eigenvalue weighted by molar-refractivity contribution is 0.122. The highest BCUT2D eigenvalue weighted by Crippen LogP contribution is 2.21. The van der Waals surface area contributed by atoms with Gasteiger partial charge in [0, 0.05) is 25.0 Å². The van der Waals surface area contributed by atoms with Gasteiger partial charge in [0.1, 0.15) is 12.0 Å². The Balaban J connectivity index is 1.73. The molecule has 1 unspecified atom stereocenters. The van der Waals surface area contributed by atoms with Gasteiger partial charge in [-0.15, -0.1) is 0 Å². The van der Waals surface area contributed by atoms with Crippen LogP contribution in [0.2, 0.25) is 5.28 Å². The molecule has 116 valence electrons. The number of hydrogen-bond donors (Lipinski definition) is 2. The second-order valence-corrected chi connectivity index (χ2v) is 5.37. The second kappa shape index (κ2) is 6.91. The van der Waals surface area contributed by atoms with Crippen molar-refractivity contribution in [2.75, 3.05) is 36.5 Å². The third-order valence-corrected chi connectivity index (χ3v) is 3.72. The van der Waals surface area contributed by atoms with E-state index in [9.17, 15) is 0 Å². The highest BCUT2D eigenvalue weighted by Gasteiger charge is 2.13. The van der Waals surface area contributed by atoms with Crippen LogP contribution in [0.3, 0.4) is 0 Å². The van der Waals surface area contributed by atoms with Gasteiger partial charge in [-0.3, -0.25) is 0 Å². The Morgan fingerprint density at radius 1 is 1.27 bits per heavy atom. The van der Waals surface area contributed by atoms with E-state index >= 15 is 0 Å². The minimum absolute atomic E-state index is 0.194. The number of nitrogens with zero attached hydrogens (tertiary/aromatic N) is 3. The molecule has 1 aliphatic rings. The molecular formula is C15H18ClN5O. The van der Waals surface area contributed by atoms with E-state index in [0.717, 1.165) is 37.6 Å². The Hall–Kier alpha value is -1.89. The standard InChI is InChI=1S/C15H18ClN5O/c16-15-18-5-4-13(20-15)19-14(17)11-2-1-3-12(10-11)21-6-8-22-9-7-21/h1-5,10,14H,6-9,17H2,(H,18,19,20). The Labute approximate surface area is 134 Å². The molecule has 3 rings (SSSR count). The largest absolute Gasteiger partial charge is 0.378 e. The van der Waals surface area contributed by atoms with Gasteiger partial charge in [-0.2, -0.15) is 0 Å². The first-order chi connectivity index (χ1) is 10.7. The van der Waals surface area contributed by atoms with Crippen molar-refractivity contribution >= 4 is 23.1 Å². The number of ether oxygens (including phenoxy) is 1. The molecule has 2 aromatic rings. The first-order valence-electron chi connectivity index (χ1n) is 7.16. The Kier molecular flexibility index (Phi) is 4.72. The van der Waals surface area contributed by atoms with Crippen LogP contribution in [0.5, 0.6) is 0 Å². The molecule has 0 radical (unpaired) electrons. The molecule has 3 N–H and O–H groups in total. The van der Waals surface area contributed by atoms with Crippen LogP contribution in [-0.2, 0) is 4.74 Å². The van der Waals surface area contributed by atoms with Gasteiger partial charge in [-0.05, 0) is 35.4 Å². The predicted molar refractivity (Wildman–Crippen MR) is 87.1 cm³/mol. The predicted octanol–water partition coefficient (Wildman–Crippen LogP) is 2.04. The average Bonchev–Trinajstić information content (AvgIpc) is 2.56. The zero-order valence-corrected chi connectivity index (χ0v) is 12.8. The van der Waals surface area contributed by atoms with Crippen LogP contribution in [0.15, 0.2) is 36.5 Å². The van der Waals surface area contributed by atoms with E-state index in [1.54, 1.807) is 12.3 Å². The molecule has 1 saturated heterocycles. The third kappa shape index (κ3) is 3.65. The van der Waals surface area contributed by atoms with E-state index in [1.165, 1.54) is 0 Å². The zero-order valence-electron chi connectivity index (χ0n) is 12.1. The first-order valence-corrected chi connectivity index (χ1v) is 7.53. The lowest BCUT2D eigenvalue weighted by Gasteiger charge is -2.29. The van der Waals surface area contributed by atoms with Crippen molar-refractivity contribution in [1.82, 2.24) is 9.97 Å². The number of anilines is 2. The van der Waals surface area contributed by atoms with Crippen LogP contribution in [0.4, 0.5) is 11.5 Å². The van der Waals surface area contributed by atoms with Crippen molar-refractivity contribution in [1.29, 1.82) is 0 Å². The van der Waals surface area contributed by atoms with E-state index in [-0.39, 0.29) is 11.4 Å². The number of nitrogens with two attached hydrogens (primary N) is 1. The van der Waals surface area contributed by atoms with Crippen molar-refractivity contribution in [2.45, 2.75) is 6.17 Å². The molecule has 1 aromatic carbocycles. The maximum Gasteiger partial charge on any atom is 0.224 e. The molecule has 1 aliphatic heterocycles. The van der Waals surface area contributed by atoms with Gasteiger partial charge >= 0.3 is 0 Å². The van der Waals surface area contributed by atoms with Gasteiger partial charge in [0.25, 0.3) is 0 Å². The fourth-order valence-electron chi connectivity index (χ4n) is 2.39.